The lowest BCUT2D eigenvalue weighted by molar-refractivity contribution is -0.0858. The number of aliphatic hydroxyl groups excluding tert-OH is 1. The first-order valence-electron chi connectivity index (χ1n) is 6.10. The average molecular weight is 277 g/mol. The Morgan fingerprint density at radius 2 is 2.11 bits per heavy atom. The molecule has 1 rings (SSSR count). The Morgan fingerprint density at radius 3 is 2.61 bits per heavy atom. The van der Waals surface area contributed by atoms with E-state index in [1.165, 1.54) is 6.20 Å². The van der Waals surface area contributed by atoms with Gasteiger partial charge in [-0.1, -0.05) is 25.4 Å². The van der Waals surface area contributed by atoms with E-state index in [2.05, 4.69) is 5.10 Å². The van der Waals surface area contributed by atoms with E-state index in [-0.39, 0.29) is 0 Å². The van der Waals surface area contributed by atoms with Gasteiger partial charge >= 0.3 is 0 Å². The number of ether oxygens (including phenoxy) is 1. The topological polar surface area (TPSA) is 67.5 Å². The highest BCUT2D eigenvalue weighted by Gasteiger charge is 2.36. The summed E-state index contributed by atoms with van der Waals surface area (Å²) in [5.41, 5.74) is -0.742. The van der Waals surface area contributed by atoms with E-state index in [0.717, 1.165) is 0 Å². The van der Waals surface area contributed by atoms with E-state index in [0.29, 0.717) is 36.7 Å². The number of nitrogens with zero attached hydrogens (tertiary/aromatic N) is 2. The molecule has 0 bridgehead atoms. The SMILES string of the molecule is CCC(O)(CC)C(O)c1c(Cl)cnn1CCOC. The predicted molar refractivity (Wildman–Crippen MR) is 69.6 cm³/mol. The molecule has 2 N–H and O–H groups in total. The molecule has 6 heteroatoms. The minimum absolute atomic E-state index is 0.360. The third kappa shape index (κ3) is 3.03. The molecule has 0 amide bonds. The quantitative estimate of drug-likeness (QED) is 0.796. The van der Waals surface area contributed by atoms with Gasteiger partial charge in [-0.2, -0.15) is 5.10 Å². The van der Waals surface area contributed by atoms with Gasteiger partial charge < -0.3 is 14.9 Å². The van der Waals surface area contributed by atoms with Crippen LogP contribution in [-0.2, 0) is 11.3 Å². The zero-order chi connectivity index (χ0) is 13.8. The van der Waals surface area contributed by atoms with E-state index in [9.17, 15) is 10.2 Å². The van der Waals surface area contributed by atoms with Gasteiger partial charge in [0.1, 0.15) is 6.10 Å². The van der Waals surface area contributed by atoms with Crippen molar-refractivity contribution >= 4 is 11.6 Å². The highest BCUT2D eigenvalue weighted by molar-refractivity contribution is 6.31. The fraction of sp³-hybridized carbons (Fsp3) is 0.750. The molecule has 0 aliphatic heterocycles. The maximum Gasteiger partial charge on any atom is 0.126 e. The summed E-state index contributed by atoms with van der Waals surface area (Å²) in [6, 6.07) is 0. The van der Waals surface area contributed by atoms with Crippen molar-refractivity contribution in [3.05, 3.63) is 16.9 Å². The van der Waals surface area contributed by atoms with Crippen molar-refractivity contribution in [1.29, 1.82) is 0 Å². The Bertz CT molecular complexity index is 377. The van der Waals surface area contributed by atoms with Crippen LogP contribution in [0.5, 0.6) is 0 Å². The van der Waals surface area contributed by atoms with Crippen LogP contribution in [0.2, 0.25) is 5.02 Å². The standard InChI is InChI=1S/C12H21ClN2O3/c1-4-12(17,5-2)11(16)10-9(13)8-14-15(10)6-7-18-3/h8,11,16-17H,4-7H2,1-3H3. The zero-order valence-corrected chi connectivity index (χ0v) is 11.8. The first-order valence-corrected chi connectivity index (χ1v) is 6.48. The van der Waals surface area contributed by atoms with Crippen LogP contribution in [0, 0.1) is 0 Å². The minimum Gasteiger partial charge on any atom is -0.387 e. The molecule has 1 aromatic heterocycles. The lowest BCUT2D eigenvalue weighted by Gasteiger charge is -2.31. The van der Waals surface area contributed by atoms with Crippen LogP contribution < -0.4 is 0 Å². The molecule has 104 valence electrons. The third-order valence-electron chi connectivity index (χ3n) is 3.33. The Labute approximate surface area is 112 Å². The Kier molecular flexibility index (Phi) is 5.59. The number of aliphatic hydroxyl groups is 2. The molecule has 0 radical (unpaired) electrons. The van der Waals surface area contributed by atoms with Gasteiger partial charge in [0.05, 0.1) is 35.7 Å². The molecule has 0 aromatic carbocycles. The van der Waals surface area contributed by atoms with Crippen molar-refractivity contribution in [3.8, 4) is 0 Å². The van der Waals surface area contributed by atoms with E-state index >= 15 is 0 Å². The van der Waals surface area contributed by atoms with Gasteiger partial charge in [0.15, 0.2) is 0 Å². The van der Waals surface area contributed by atoms with Gasteiger partial charge in [-0.3, -0.25) is 4.68 Å². The van der Waals surface area contributed by atoms with Gasteiger partial charge in [-0.15, -0.1) is 0 Å². The summed E-state index contributed by atoms with van der Waals surface area (Å²) >= 11 is 6.04. The highest BCUT2D eigenvalue weighted by atomic mass is 35.5. The van der Waals surface area contributed by atoms with Gasteiger partial charge in [0.2, 0.25) is 0 Å². The summed E-state index contributed by atoms with van der Waals surface area (Å²) in [7, 11) is 1.59. The van der Waals surface area contributed by atoms with Crippen LogP contribution in [0.1, 0.15) is 38.5 Å². The first-order chi connectivity index (χ1) is 8.50. The Balaban J connectivity index is 3.03. The predicted octanol–water partition coefficient (Wildman–Crippen LogP) is 1.77. The number of hydrogen-bond acceptors (Lipinski definition) is 4. The lowest BCUT2D eigenvalue weighted by atomic mass is 9.89. The second-order valence-corrected chi connectivity index (χ2v) is 4.71. The van der Waals surface area contributed by atoms with Crippen LogP contribution in [0.25, 0.3) is 0 Å². The van der Waals surface area contributed by atoms with Crippen molar-refractivity contribution in [1.82, 2.24) is 9.78 Å². The molecule has 0 aliphatic carbocycles. The van der Waals surface area contributed by atoms with E-state index in [1.54, 1.807) is 11.8 Å². The second kappa shape index (κ2) is 6.52. The van der Waals surface area contributed by atoms with Crippen LogP contribution in [0.4, 0.5) is 0 Å². The first kappa shape index (κ1) is 15.4. The van der Waals surface area contributed by atoms with E-state index in [1.807, 2.05) is 13.8 Å². The molecule has 1 atom stereocenters. The normalized spacial score (nSPS) is 13.9. The number of hydrogen-bond donors (Lipinski definition) is 2. The molecule has 0 saturated heterocycles. The Hall–Kier alpha value is -0.620. The largest absolute Gasteiger partial charge is 0.387 e. The fourth-order valence-electron chi connectivity index (χ4n) is 1.89. The van der Waals surface area contributed by atoms with Gasteiger partial charge in [0, 0.05) is 7.11 Å². The number of methoxy groups -OCH3 is 1. The van der Waals surface area contributed by atoms with Crippen molar-refractivity contribution < 1.29 is 14.9 Å². The average Bonchev–Trinajstić information content (AvgIpc) is 2.75. The van der Waals surface area contributed by atoms with Crippen LogP contribution in [0.15, 0.2) is 6.20 Å². The monoisotopic (exact) mass is 276 g/mol. The third-order valence-corrected chi connectivity index (χ3v) is 3.62. The molecule has 0 fully saturated rings. The van der Waals surface area contributed by atoms with E-state index in [4.69, 9.17) is 16.3 Å². The number of halogens is 1. The maximum absolute atomic E-state index is 10.4. The Morgan fingerprint density at radius 1 is 1.50 bits per heavy atom. The molecule has 1 unspecified atom stereocenters. The summed E-state index contributed by atoms with van der Waals surface area (Å²) in [6.07, 6.45) is 1.30. The van der Waals surface area contributed by atoms with Crippen molar-refractivity contribution in [2.75, 3.05) is 13.7 Å². The molecule has 0 saturated carbocycles. The smallest absolute Gasteiger partial charge is 0.126 e. The molecular formula is C12H21ClN2O3. The molecule has 0 spiro atoms. The molecule has 1 heterocycles. The van der Waals surface area contributed by atoms with Crippen LogP contribution >= 0.6 is 11.6 Å². The summed E-state index contributed by atoms with van der Waals surface area (Å²) < 4.78 is 6.56. The molecule has 5 nitrogen and oxygen atoms in total. The molecule has 0 aliphatic rings. The fourth-order valence-corrected chi connectivity index (χ4v) is 2.14. The summed E-state index contributed by atoms with van der Waals surface area (Å²) in [5, 5.41) is 25.2. The summed E-state index contributed by atoms with van der Waals surface area (Å²) in [5.74, 6) is 0. The van der Waals surface area contributed by atoms with E-state index < -0.39 is 11.7 Å². The zero-order valence-electron chi connectivity index (χ0n) is 11.1. The number of rotatable bonds is 7. The second-order valence-electron chi connectivity index (χ2n) is 4.31. The van der Waals surface area contributed by atoms with Gasteiger partial charge in [-0.25, -0.2) is 0 Å². The van der Waals surface area contributed by atoms with Crippen LogP contribution in [-0.4, -0.2) is 39.3 Å². The number of aromatic nitrogens is 2. The highest BCUT2D eigenvalue weighted by Crippen LogP contribution is 2.35. The van der Waals surface area contributed by atoms with Gasteiger partial charge in [0.25, 0.3) is 0 Å². The maximum atomic E-state index is 10.4. The van der Waals surface area contributed by atoms with Crippen molar-refractivity contribution in [2.45, 2.75) is 44.9 Å². The van der Waals surface area contributed by atoms with Gasteiger partial charge in [-0.05, 0) is 12.8 Å². The van der Waals surface area contributed by atoms with Crippen LogP contribution in [0.3, 0.4) is 0 Å². The molecular weight excluding hydrogens is 256 g/mol. The molecule has 18 heavy (non-hydrogen) atoms. The lowest BCUT2D eigenvalue weighted by Crippen LogP contribution is -2.36. The minimum atomic E-state index is -1.19. The van der Waals surface area contributed by atoms with Crippen molar-refractivity contribution in [3.63, 3.8) is 0 Å². The summed E-state index contributed by atoms with van der Waals surface area (Å²) in [6.45, 7) is 4.61. The summed E-state index contributed by atoms with van der Waals surface area (Å²) in [4.78, 5) is 0. The van der Waals surface area contributed by atoms with Crippen molar-refractivity contribution in [2.24, 2.45) is 0 Å². The molecule has 1 aromatic rings.